The van der Waals surface area contributed by atoms with Gasteiger partial charge in [0.1, 0.15) is 5.82 Å². The lowest BCUT2D eigenvalue weighted by molar-refractivity contribution is -0.124. The van der Waals surface area contributed by atoms with Gasteiger partial charge < -0.3 is 5.32 Å². The fraction of sp³-hybridized carbons (Fsp3) is 0.611. The van der Waals surface area contributed by atoms with Crippen LogP contribution in [-0.2, 0) is 4.79 Å². The first-order valence-electron chi connectivity index (χ1n) is 8.12. The van der Waals surface area contributed by atoms with Gasteiger partial charge in [0.25, 0.3) is 0 Å². The lowest BCUT2D eigenvalue weighted by atomic mass is 9.78. The zero-order chi connectivity index (χ0) is 15.0. The Hall–Kier alpha value is -1.38. The van der Waals surface area contributed by atoms with E-state index in [0.29, 0.717) is 17.4 Å². The number of carbonyl (C=O) groups is 1. The molecule has 1 aromatic carbocycles. The van der Waals surface area contributed by atoms with Gasteiger partial charge in [-0.15, -0.1) is 0 Å². The minimum atomic E-state index is -0.183. The van der Waals surface area contributed by atoms with Crippen LogP contribution in [-0.4, -0.2) is 11.9 Å². The van der Waals surface area contributed by atoms with Crippen LogP contribution in [0.1, 0.15) is 51.0 Å². The van der Waals surface area contributed by atoms with Crippen molar-refractivity contribution in [2.24, 2.45) is 17.8 Å². The summed E-state index contributed by atoms with van der Waals surface area (Å²) in [5, 5.41) is 3.24. The van der Waals surface area contributed by atoms with Crippen molar-refractivity contribution in [3.8, 4) is 0 Å². The number of hydrogen-bond donors (Lipinski definition) is 1. The summed E-state index contributed by atoms with van der Waals surface area (Å²) in [5.41, 5.74) is 0.697. The van der Waals surface area contributed by atoms with Crippen molar-refractivity contribution >= 4 is 5.91 Å². The molecule has 1 amide bonds. The van der Waals surface area contributed by atoms with E-state index in [9.17, 15) is 9.18 Å². The van der Waals surface area contributed by atoms with Gasteiger partial charge in [0.2, 0.25) is 5.91 Å². The maximum atomic E-state index is 13.8. The first-order chi connectivity index (χ1) is 10.1. The number of halogens is 1. The minimum absolute atomic E-state index is 0.0387. The molecule has 114 valence electrons. The Morgan fingerprint density at radius 2 is 1.86 bits per heavy atom. The second kappa shape index (κ2) is 5.78. The number of carbonyl (C=O) groups excluding carboxylic acids is 1. The van der Waals surface area contributed by atoms with E-state index in [1.54, 1.807) is 12.1 Å². The minimum Gasteiger partial charge on any atom is -0.353 e. The lowest BCUT2D eigenvalue weighted by Gasteiger charge is -2.35. The molecule has 2 saturated carbocycles. The third-order valence-electron chi connectivity index (χ3n) is 5.29. The number of hydrogen-bond acceptors (Lipinski definition) is 1. The van der Waals surface area contributed by atoms with Gasteiger partial charge in [-0.25, -0.2) is 4.39 Å². The SMILES string of the molecule is CC1CCCC(C)C1NC(=O)C1CC1c1ccccc1F. The Bertz CT molecular complexity index is 520. The average molecular weight is 289 g/mol. The maximum Gasteiger partial charge on any atom is 0.223 e. The standard InChI is InChI=1S/C18H24FNO/c1-11-6-5-7-12(2)17(11)20-18(21)15-10-14(15)13-8-3-4-9-16(13)19/h3-4,8-9,11-12,14-15,17H,5-7,10H2,1-2H3,(H,20,21). The molecular formula is C18H24FNO. The summed E-state index contributed by atoms with van der Waals surface area (Å²) in [7, 11) is 0. The van der Waals surface area contributed by atoms with Gasteiger partial charge in [-0.05, 0) is 48.6 Å². The van der Waals surface area contributed by atoms with Crippen molar-refractivity contribution in [1.82, 2.24) is 5.32 Å². The monoisotopic (exact) mass is 289 g/mol. The van der Waals surface area contributed by atoms with E-state index in [2.05, 4.69) is 19.2 Å². The van der Waals surface area contributed by atoms with Crippen molar-refractivity contribution in [3.63, 3.8) is 0 Å². The molecule has 3 heteroatoms. The Labute approximate surface area is 126 Å². The maximum absolute atomic E-state index is 13.8. The molecule has 3 rings (SSSR count). The van der Waals surface area contributed by atoms with Crippen LogP contribution in [0.4, 0.5) is 4.39 Å². The molecule has 1 N–H and O–H groups in total. The van der Waals surface area contributed by atoms with Crippen molar-refractivity contribution in [3.05, 3.63) is 35.6 Å². The molecule has 2 aliphatic carbocycles. The Morgan fingerprint density at radius 1 is 1.19 bits per heavy atom. The molecule has 4 atom stereocenters. The van der Waals surface area contributed by atoms with Crippen molar-refractivity contribution in [1.29, 1.82) is 0 Å². The van der Waals surface area contributed by atoms with Crippen LogP contribution in [0.25, 0.3) is 0 Å². The van der Waals surface area contributed by atoms with Crippen molar-refractivity contribution in [2.75, 3.05) is 0 Å². The molecule has 2 aliphatic rings. The smallest absolute Gasteiger partial charge is 0.223 e. The molecule has 0 aliphatic heterocycles. The number of rotatable bonds is 3. The van der Waals surface area contributed by atoms with Crippen LogP contribution >= 0.6 is 0 Å². The van der Waals surface area contributed by atoms with Crippen LogP contribution in [0.5, 0.6) is 0 Å². The first-order valence-corrected chi connectivity index (χ1v) is 8.12. The number of nitrogens with one attached hydrogen (secondary N) is 1. The third kappa shape index (κ3) is 2.97. The van der Waals surface area contributed by atoms with Gasteiger partial charge in [0.05, 0.1) is 0 Å². The van der Waals surface area contributed by atoms with Gasteiger partial charge in [0.15, 0.2) is 0 Å². The van der Waals surface area contributed by atoms with E-state index in [1.165, 1.54) is 25.3 Å². The van der Waals surface area contributed by atoms with Crippen molar-refractivity contribution in [2.45, 2.75) is 51.5 Å². The summed E-state index contributed by atoms with van der Waals surface area (Å²) in [6, 6.07) is 7.11. The highest BCUT2D eigenvalue weighted by Gasteiger charge is 2.46. The molecule has 0 radical (unpaired) electrons. The summed E-state index contributed by atoms with van der Waals surface area (Å²) in [6.07, 6.45) is 4.42. The van der Waals surface area contributed by atoms with Gasteiger partial charge in [-0.1, -0.05) is 38.5 Å². The van der Waals surface area contributed by atoms with Crippen molar-refractivity contribution < 1.29 is 9.18 Å². The van der Waals surface area contributed by atoms with Crippen LogP contribution in [0, 0.1) is 23.6 Å². The van der Waals surface area contributed by atoms with E-state index in [4.69, 9.17) is 0 Å². The van der Waals surface area contributed by atoms with E-state index in [1.807, 2.05) is 6.07 Å². The summed E-state index contributed by atoms with van der Waals surface area (Å²) in [4.78, 5) is 12.4. The first kappa shape index (κ1) is 14.6. The fourth-order valence-corrected chi connectivity index (χ4v) is 3.84. The summed E-state index contributed by atoms with van der Waals surface area (Å²) in [5.74, 6) is 1.06. The number of benzene rings is 1. The highest BCUT2D eigenvalue weighted by atomic mass is 19.1. The molecule has 0 heterocycles. The molecular weight excluding hydrogens is 265 g/mol. The third-order valence-corrected chi connectivity index (χ3v) is 5.29. The molecule has 0 bridgehead atoms. The molecule has 0 spiro atoms. The van der Waals surface area contributed by atoms with Gasteiger partial charge in [-0.3, -0.25) is 4.79 Å². The molecule has 1 aromatic rings. The second-order valence-corrected chi connectivity index (χ2v) is 6.89. The zero-order valence-corrected chi connectivity index (χ0v) is 12.8. The van der Waals surface area contributed by atoms with Crippen LogP contribution in [0.15, 0.2) is 24.3 Å². The van der Waals surface area contributed by atoms with Gasteiger partial charge in [0, 0.05) is 12.0 Å². The van der Waals surface area contributed by atoms with E-state index in [-0.39, 0.29) is 29.6 Å². The highest BCUT2D eigenvalue weighted by Crippen LogP contribution is 2.48. The fourth-order valence-electron chi connectivity index (χ4n) is 3.84. The normalized spacial score (nSPS) is 35.3. The Balaban J connectivity index is 1.62. The van der Waals surface area contributed by atoms with Crippen LogP contribution in [0.2, 0.25) is 0 Å². The molecule has 21 heavy (non-hydrogen) atoms. The molecule has 4 unspecified atom stereocenters. The average Bonchev–Trinajstić information content (AvgIpc) is 3.24. The Kier molecular flexibility index (Phi) is 4.01. The van der Waals surface area contributed by atoms with E-state index < -0.39 is 0 Å². The molecule has 0 aromatic heterocycles. The highest BCUT2D eigenvalue weighted by molar-refractivity contribution is 5.83. The van der Waals surface area contributed by atoms with E-state index in [0.717, 1.165) is 6.42 Å². The van der Waals surface area contributed by atoms with Crippen LogP contribution < -0.4 is 5.32 Å². The predicted octanol–water partition coefficient (Wildman–Crippen LogP) is 3.87. The molecule has 0 saturated heterocycles. The summed E-state index contributed by atoms with van der Waals surface area (Å²) in [6.45, 7) is 4.45. The predicted molar refractivity (Wildman–Crippen MR) is 81.4 cm³/mol. The lowest BCUT2D eigenvalue weighted by Crippen LogP contribution is -2.46. The quantitative estimate of drug-likeness (QED) is 0.899. The Morgan fingerprint density at radius 3 is 2.52 bits per heavy atom. The van der Waals surface area contributed by atoms with E-state index >= 15 is 0 Å². The zero-order valence-electron chi connectivity index (χ0n) is 12.8. The van der Waals surface area contributed by atoms with Gasteiger partial charge in [-0.2, -0.15) is 0 Å². The second-order valence-electron chi connectivity index (χ2n) is 6.89. The van der Waals surface area contributed by atoms with Crippen LogP contribution in [0.3, 0.4) is 0 Å². The number of amides is 1. The summed E-state index contributed by atoms with van der Waals surface area (Å²) < 4.78 is 13.8. The largest absolute Gasteiger partial charge is 0.353 e. The molecule has 2 fully saturated rings. The topological polar surface area (TPSA) is 29.1 Å². The molecule has 2 nitrogen and oxygen atoms in total. The summed E-state index contributed by atoms with van der Waals surface area (Å²) >= 11 is 0. The van der Waals surface area contributed by atoms with Gasteiger partial charge >= 0.3 is 0 Å².